The molecule has 0 heterocycles. The molecule has 1 N–H and O–H groups in total. The third-order valence-corrected chi connectivity index (χ3v) is 3.06. The third-order valence-electron chi connectivity index (χ3n) is 2.81. The van der Waals surface area contributed by atoms with Crippen molar-refractivity contribution in [2.45, 2.75) is 6.92 Å². The van der Waals surface area contributed by atoms with E-state index in [1.807, 2.05) is 19.1 Å². The maximum Gasteiger partial charge on any atom is 0.262 e. The molecular weight excluding hydrogens is 290 g/mol. The van der Waals surface area contributed by atoms with Gasteiger partial charge >= 0.3 is 0 Å². The summed E-state index contributed by atoms with van der Waals surface area (Å²) in [6.07, 6.45) is 0. The van der Waals surface area contributed by atoms with E-state index in [1.165, 1.54) is 0 Å². The Hall–Kier alpha value is -2.20. The zero-order chi connectivity index (χ0) is 15.2. The van der Waals surface area contributed by atoms with E-state index in [0.717, 1.165) is 5.56 Å². The minimum atomic E-state index is -0.250. The summed E-state index contributed by atoms with van der Waals surface area (Å²) in [4.78, 5) is 11.8. The van der Waals surface area contributed by atoms with Crippen LogP contribution in [0.15, 0.2) is 42.5 Å². The second kappa shape index (κ2) is 6.99. The smallest absolute Gasteiger partial charge is 0.262 e. The van der Waals surface area contributed by atoms with Crippen molar-refractivity contribution in [3.63, 3.8) is 0 Å². The average molecular weight is 306 g/mol. The van der Waals surface area contributed by atoms with Gasteiger partial charge in [0.25, 0.3) is 5.91 Å². The van der Waals surface area contributed by atoms with E-state index >= 15 is 0 Å². The van der Waals surface area contributed by atoms with Crippen molar-refractivity contribution >= 4 is 23.2 Å². The predicted octanol–water partition coefficient (Wildman–Crippen LogP) is 3.67. The van der Waals surface area contributed by atoms with Crippen molar-refractivity contribution in [3.05, 3.63) is 53.1 Å². The molecule has 0 fully saturated rings. The van der Waals surface area contributed by atoms with Crippen LogP contribution in [0.2, 0.25) is 5.02 Å². The van der Waals surface area contributed by atoms with Gasteiger partial charge in [0.05, 0.1) is 7.11 Å². The number of aryl methyl sites for hydroxylation is 1. The van der Waals surface area contributed by atoms with Gasteiger partial charge in [-0.2, -0.15) is 0 Å². The van der Waals surface area contributed by atoms with Gasteiger partial charge in [0.1, 0.15) is 0 Å². The van der Waals surface area contributed by atoms with Crippen LogP contribution in [0.5, 0.6) is 11.5 Å². The maximum absolute atomic E-state index is 11.8. The van der Waals surface area contributed by atoms with Crippen LogP contribution < -0.4 is 14.8 Å². The summed E-state index contributed by atoms with van der Waals surface area (Å²) in [7, 11) is 1.56. The number of carbonyl (C=O) groups is 1. The van der Waals surface area contributed by atoms with E-state index < -0.39 is 0 Å². The lowest BCUT2D eigenvalue weighted by Crippen LogP contribution is -2.20. The van der Waals surface area contributed by atoms with Crippen LogP contribution in [0.4, 0.5) is 5.69 Å². The Balaban J connectivity index is 1.93. The van der Waals surface area contributed by atoms with E-state index in [-0.39, 0.29) is 12.5 Å². The summed E-state index contributed by atoms with van der Waals surface area (Å²) >= 11 is 5.78. The number of halogens is 1. The van der Waals surface area contributed by atoms with E-state index in [2.05, 4.69) is 5.32 Å². The lowest BCUT2D eigenvalue weighted by atomic mass is 10.2. The fraction of sp³-hybridized carbons (Fsp3) is 0.188. The number of carbonyl (C=O) groups excluding carboxylic acids is 1. The quantitative estimate of drug-likeness (QED) is 0.916. The number of benzene rings is 2. The van der Waals surface area contributed by atoms with Crippen LogP contribution in [-0.2, 0) is 4.79 Å². The Labute approximate surface area is 128 Å². The van der Waals surface area contributed by atoms with Crippen LogP contribution in [0.25, 0.3) is 0 Å². The summed E-state index contributed by atoms with van der Waals surface area (Å²) in [5, 5.41) is 3.34. The van der Waals surface area contributed by atoms with Crippen molar-refractivity contribution in [2.24, 2.45) is 0 Å². The van der Waals surface area contributed by atoms with Crippen LogP contribution >= 0.6 is 11.6 Å². The van der Waals surface area contributed by atoms with Crippen LogP contribution in [0.1, 0.15) is 5.56 Å². The molecule has 0 radical (unpaired) electrons. The molecule has 0 spiro atoms. The SMILES string of the molecule is COc1cc(C)ccc1OCC(=O)Nc1ccc(Cl)cc1. The summed E-state index contributed by atoms with van der Waals surface area (Å²) < 4.78 is 10.7. The van der Waals surface area contributed by atoms with E-state index in [1.54, 1.807) is 37.4 Å². The van der Waals surface area contributed by atoms with Crippen LogP contribution in [-0.4, -0.2) is 19.6 Å². The maximum atomic E-state index is 11.8. The Morgan fingerprint density at radius 1 is 1.14 bits per heavy atom. The fourth-order valence-electron chi connectivity index (χ4n) is 1.77. The minimum absolute atomic E-state index is 0.0952. The molecule has 2 aromatic rings. The lowest BCUT2D eigenvalue weighted by Gasteiger charge is -2.11. The van der Waals surface area contributed by atoms with Gasteiger partial charge in [-0.1, -0.05) is 17.7 Å². The number of ether oxygens (including phenoxy) is 2. The van der Waals surface area contributed by atoms with Gasteiger partial charge in [-0.3, -0.25) is 4.79 Å². The first kappa shape index (κ1) is 15.2. The molecule has 0 aliphatic heterocycles. The first-order valence-electron chi connectivity index (χ1n) is 6.41. The molecule has 0 aromatic heterocycles. The minimum Gasteiger partial charge on any atom is -0.493 e. The number of nitrogens with one attached hydrogen (secondary N) is 1. The van der Waals surface area contributed by atoms with Gasteiger partial charge in [0.15, 0.2) is 18.1 Å². The van der Waals surface area contributed by atoms with Gasteiger partial charge in [0, 0.05) is 10.7 Å². The van der Waals surface area contributed by atoms with Crippen molar-refractivity contribution in [2.75, 3.05) is 19.0 Å². The lowest BCUT2D eigenvalue weighted by molar-refractivity contribution is -0.118. The van der Waals surface area contributed by atoms with Gasteiger partial charge < -0.3 is 14.8 Å². The molecule has 0 saturated heterocycles. The predicted molar refractivity (Wildman–Crippen MR) is 83.3 cm³/mol. The monoisotopic (exact) mass is 305 g/mol. The van der Waals surface area contributed by atoms with Gasteiger partial charge in [0.2, 0.25) is 0 Å². The number of methoxy groups -OCH3 is 1. The number of hydrogen-bond acceptors (Lipinski definition) is 3. The van der Waals surface area contributed by atoms with Crippen molar-refractivity contribution in [1.29, 1.82) is 0 Å². The zero-order valence-corrected chi connectivity index (χ0v) is 12.6. The molecule has 0 saturated carbocycles. The zero-order valence-electron chi connectivity index (χ0n) is 11.9. The molecule has 4 nitrogen and oxygen atoms in total. The highest BCUT2D eigenvalue weighted by molar-refractivity contribution is 6.30. The molecule has 0 bridgehead atoms. The number of hydrogen-bond donors (Lipinski definition) is 1. The van der Waals surface area contributed by atoms with E-state index in [4.69, 9.17) is 21.1 Å². The highest BCUT2D eigenvalue weighted by Gasteiger charge is 2.08. The molecular formula is C16H16ClNO3. The fourth-order valence-corrected chi connectivity index (χ4v) is 1.89. The Morgan fingerprint density at radius 2 is 1.86 bits per heavy atom. The number of amides is 1. The molecule has 0 aliphatic rings. The topological polar surface area (TPSA) is 47.6 Å². The average Bonchev–Trinajstić information content (AvgIpc) is 2.48. The molecule has 0 unspecified atom stereocenters. The third kappa shape index (κ3) is 4.39. The standard InChI is InChI=1S/C16H16ClNO3/c1-11-3-8-14(15(9-11)20-2)21-10-16(19)18-13-6-4-12(17)5-7-13/h3-9H,10H2,1-2H3,(H,18,19). The molecule has 0 atom stereocenters. The number of rotatable bonds is 5. The summed E-state index contributed by atoms with van der Waals surface area (Å²) in [5.74, 6) is 0.892. The highest BCUT2D eigenvalue weighted by Crippen LogP contribution is 2.27. The Kier molecular flexibility index (Phi) is 5.06. The first-order chi connectivity index (χ1) is 10.1. The molecule has 5 heteroatoms. The van der Waals surface area contributed by atoms with Crippen LogP contribution in [0.3, 0.4) is 0 Å². The summed E-state index contributed by atoms with van der Waals surface area (Å²) in [6.45, 7) is 1.86. The largest absolute Gasteiger partial charge is 0.493 e. The number of anilines is 1. The van der Waals surface area contributed by atoms with Crippen LogP contribution in [0, 0.1) is 6.92 Å². The second-order valence-corrected chi connectivity index (χ2v) is 4.93. The van der Waals surface area contributed by atoms with Crippen molar-refractivity contribution < 1.29 is 14.3 Å². The molecule has 1 amide bonds. The molecule has 2 aromatic carbocycles. The molecule has 2 rings (SSSR count). The van der Waals surface area contributed by atoms with E-state index in [0.29, 0.717) is 22.2 Å². The molecule has 0 aliphatic carbocycles. The van der Waals surface area contributed by atoms with Gasteiger partial charge in [-0.15, -0.1) is 0 Å². The summed E-state index contributed by atoms with van der Waals surface area (Å²) in [5.41, 5.74) is 1.73. The van der Waals surface area contributed by atoms with Crippen molar-refractivity contribution in [1.82, 2.24) is 0 Å². The van der Waals surface area contributed by atoms with E-state index in [9.17, 15) is 4.79 Å². The van der Waals surface area contributed by atoms with Crippen molar-refractivity contribution in [3.8, 4) is 11.5 Å². The second-order valence-electron chi connectivity index (χ2n) is 4.50. The van der Waals surface area contributed by atoms with Gasteiger partial charge in [-0.25, -0.2) is 0 Å². The molecule has 110 valence electrons. The first-order valence-corrected chi connectivity index (χ1v) is 6.79. The normalized spacial score (nSPS) is 10.0. The molecule has 21 heavy (non-hydrogen) atoms. The Morgan fingerprint density at radius 3 is 2.52 bits per heavy atom. The summed E-state index contributed by atoms with van der Waals surface area (Å²) in [6, 6.07) is 12.4. The van der Waals surface area contributed by atoms with Gasteiger partial charge in [-0.05, 0) is 48.9 Å². The highest BCUT2D eigenvalue weighted by atomic mass is 35.5. The Bertz CT molecular complexity index is 626.